The van der Waals surface area contributed by atoms with Gasteiger partial charge in [0, 0.05) is 6.42 Å². The second-order valence-electron chi connectivity index (χ2n) is 6.76. The highest BCUT2D eigenvalue weighted by atomic mass is 35.5. The molecule has 2 rings (SSSR count). The summed E-state index contributed by atoms with van der Waals surface area (Å²) in [6, 6.07) is 7.50. The molecule has 0 fully saturated rings. The van der Waals surface area contributed by atoms with Crippen molar-refractivity contribution in [3.05, 3.63) is 46.1 Å². The Hall–Kier alpha value is -2.08. The number of ether oxygens (including phenoxy) is 1. The number of esters is 1. The van der Waals surface area contributed by atoms with Gasteiger partial charge in [-0.2, -0.15) is 5.10 Å². The standard InChI is InChI=1S/C17H23N3O3.ClH/c1-12-18-19-16(22)20(12)14-8-6-5-7-13(14)9-10-15(21)23-11-17(2,3)4;/h5-8H,9-11H2,1-4H3,(H,19,22);1H. The lowest BCUT2D eigenvalue weighted by atomic mass is 9.99. The van der Waals surface area contributed by atoms with E-state index in [1.807, 2.05) is 45.0 Å². The average molecular weight is 354 g/mol. The Morgan fingerprint density at radius 1 is 1.29 bits per heavy atom. The van der Waals surface area contributed by atoms with Crippen LogP contribution < -0.4 is 5.69 Å². The lowest BCUT2D eigenvalue weighted by Gasteiger charge is -2.18. The number of carbonyl (C=O) groups is 1. The number of para-hydroxylation sites is 1. The molecular formula is C17H24ClN3O3. The summed E-state index contributed by atoms with van der Waals surface area (Å²) in [7, 11) is 0. The van der Waals surface area contributed by atoms with Gasteiger partial charge in [0.1, 0.15) is 5.82 Å². The van der Waals surface area contributed by atoms with Gasteiger partial charge in [-0.15, -0.1) is 12.4 Å². The average Bonchev–Trinajstić information content (AvgIpc) is 2.82. The molecule has 0 unspecified atom stereocenters. The van der Waals surface area contributed by atoms with Gasteiger partial charge >= 0.3 is 11.7 Å². The molecule has 0 amide bonds. The molecule has 0 spiro atoms. The third kappa shape index (κ3) is 5.23. The summed E-state index contributed by atoms with van der Waals surface area (Å²) in [5.41, 5.74) is 1.32. The largest absolute Gasteiger partial charge is 0.465 e. The zero-order valence-corrected chi connectivity index (χ0v) is 15.3. The van der Waals surface area contributed by atoms with Crippen molar-refractivity contribution in [2.24, 2.45) is 5.41 Å². The summed E-state index contributed by atoms with van der Waals surface area (Å²) in [5, 5.41) is 6.35. The Balaban J connectivity index is 0.00000288. The van der Waals surface area contributed by atoms with Crippen LogP contribution in [0.5, 0.6) is 0 Å². The first-order valence-electron chi connectivity index (χ1n) is 7.66. The number of hydrogen-bond donors (Lipinski definition) is 1. The number of H-pyrrole nitrogens is 1. The van der Waals surface area contributed by atoms with E-state index in [9.17, 15) is 9.59 Å². The Morgan fingerprint density at radius 2 is 1.96 bits per heavy atom. The maximum Gasteiger partial charge on any atom is 0.347 e. The van der Waals surface area contributed by atoms with Gasteiger partial charge in [-0.1, -0.05) is 39.0 Å². The minimum Gasteiger partial charge on any atom is -0.465 e. The molecule has 1 aromatic heterocycles. The van der Waals surface area contributed by atoms with Crippen LogP contribution in [0.1, 0.15) is 38.6 Å². The van der Waals surface area contributed by atoms with Crippen LogP contribution in [0.4, 0.5) is 0 Å². The number of nitrogens with zero attached hydrogens (tertiary/aromatic N) is 2. The number of aromatic amines is 1. The minimum atomic E-state index is -0.287. The first-order valence-corrected chi connectivity index (χ1v) is 7.66. The van der Waals surface area contributed by atoms with Crippen LogP contribution in [-0.2, 0) is 16.0 Å². The zero-order chi connectivity index (χ0) is 17.0. The molecule has 0 aliphatic heterocycles. The Morgan fingerprint density at radius 3 is 2.54 bits per heavy atom. The highest BCUT2D eigenvalue weighted by Gasteiger charge is 2.15. The number of halogens is 1. The van der Waals surface area contributed by atoms with E-state index in [0.717, 1.165) is 11.3 Å². The minimum absolute atomic E-state index is 0. The van der Waals surface area contributed by atoms with Gasteiger partial charge < -0.3 is 4.74 Å². The number of nitrogens with one attached hydrogen (secondary N) is 1. The summed E-state index contributed by atoms with van der Waals surface area (Å²) >= 11 is 0. The second-order valence-corrected chi connectivity index (χ2v) is 6.76. The topological polar surface area (TPSA) is 77.0 Å². The molecule has 1 heterocycles. The molecule has 0 aliphatic carbocycles. The maximum atomic E-state index is 11.9. The van der Waals surface area contributed by atoms with Crippen molar-refractivity contribution in [2.45, 2.75) is 40.5 Å². The molecule has 0 saturated carbocycles. The fourth-order valence-electron chi connectivity index (χ4n) is 2.21. The van der Waals surface area contributed by atoms with Crippen LogP contribution in [0.2, 0.25) is 0 Å². The molecule has 0 aliphatic rings. The van der Waals surface area contributed by atoms with E-state index in [-0.39, 0.29) is 35.9 Å². The molecule has 1 aromatic carbocycles. The normalized spacial score (nSPS) is 11.0. The molecule has 1 N–H and O–H groups in total. The summed E-state index contributed by atoms with van der Waals surface area (Å²) in [6.07, 6.45) is 0.787. The molecule has 0 saturated heterocycles. The predicted octanol–water partition coefficient (Wildman–Crippen LogP) is 2.81. The zero-order valence-electron chi connectivity index (χ0n) is 14.5. The lowest BCUT2D eigenvalue weighted by Crippen LogP contribution is -2.19. The van der Waals surface area contributed by atoms with Gasteiger partial charge in [0.2, 0.25) is 0 Å². The molecule has 7 heteroatoms. The van der Waals surface area contributed by atoms with E-state index >= 15 is 0 Å². The van der Waals surface area contributed by atoms with Crippen molar-refractivity contribution in [1.29, 1.82) is 0 Å². The lowest BCUT2D eigenvalue weighted by molar-refractivity contribution is -0.146. The Kier molecular flexibility index (Phi) is 6.78. The molecular weight excluding hydrogens is 330 g/mol. The van der Waals surface area contributed by atoms with Crippen LogP contribution in [0.25, 0.3) is 5.69 Å². The van der Waals surface area contributed by atoms with E-state index in [1.54, 1.807) is 6.92 Å². The summed E-state index contributed by atoms with van der Waals surface area (Å²) < 4.78 is 6.79. The molecule has 6 nitrogen and oxygen atoms in total. The molecule has 0 bridgehead atoms. The van der Waals surface area contributed by atoms with Gasteiger partial charge in [-0.3, -0.25) is 4.79 Å². The van der Waals surface area contributed by atoms with E-state index in [1.165, 1.54) is 4.57 Å². The van der Waals surface area contributed by atoms with E-state index in [4.69, 9.17) is 4.74 Å². The van der Waals surface area contributed by atoms with Gasteiger partial charge in [-0.05, 0) is 30.4 Å². The third-order valence-electron chi connectivity index (χ3n) is 3.34. The van der Waals surface area contributed by atoms with Crippen molar-refractivity contribution in [3.63, 3.8) is 0 Å². The number of aromatic nitrogens is 3. The summed E-state index contributed by atoms with van der Waals surface area (Å²) in [6.45, 7) is 8.21. The summed E-state index contributed by atoms with van der Waals surface area (Å²) in [5.74, 6) is 0.351. The molecule has 24 heavy (non-hydrogen) atoms. The van der Waals surface area contributed by atoms with Gasteiger partial charge in [0.25, 0.3) is 0 Å². The number of hydrogen-bond acceptors (Lipinski definition) is 4. The van der Waals surface area contributed by atoms with Crippen molar-refractivity contribution < 1.29 is 9.53 Å². The Bertz CT molecular complexity index is 744. The SMILES string of the molecule is Cc1n[nH]c(=O)n1-c1ccccc1CCC(=O)OCC(C)(C)C.Cl. The maximum absolute atomic E-state index is 11.9. The van der Waals surface area contributed by atoms with Crippen LogP contribution in [-0.4, -0.2) is 27.3 Å². The van der Waals surface area contributed by atoms with Crippen molar-refractivity contribution >= 4 is 18.4 Å². The fourth-order valence-corrected chi connectivity index (χ4v) is 2.21. The third-order valence-corrected chi connectivity index (χ3v) is 3.34. The van der Waals surface area contributed by atoms with Gasteiger partial charge in [-0.25, -0.2) is 14.5 Å². The van der Waals surface area contributed by atoms with Crippen LogP contribution in [0.3, 0.4) is 0 Å². The number of benzene rings is 1. The highest BCUT2D eigenvalue weighted by Crippen LogP contribution is 2.17. The van der Waals surface area contributed by atoms with E-state index in [0.29, 0.717) is 18.9 Å². The molecule has 0 radical (unpaired) electrons. The predicted molar refractivity (Wildman–Crippen MR) is 94.9 cm³/mol. The summed E-state index contributed by atoms with van der Waals surface area (Å²) in [4.78, 5) is 23.8. The van der Waals surface area contributed by atoms with Crippen molar-refractivity contribution in [3.8, 4) is 5.69 Å². The van der Waals surface area contributed by atoms with Gasteiger partial charge in [0.05, 0.1) is 12.3 Å². The fraction of sp³-hybridized carbons (Fsp3) is 0.471. The molecule has 0 atom stereocenters. The van der Waals surface area contributed by atoms with Gasteiger partial charge in [0.15, 0.2) is 0 Å². The number of aryl methyl sites for hydroxylation is 2. The van der Waals surface area contributed by atoms with Crippen molar-refractivity contribution in [2.75, 3.05) is 6.61 Å². The first-order chi connectivity index (χ1) is 10.8. The highest BCUT2D eigenvalue weighted by molar-refractivity contribution is 5.85. The molecule has 132 valence electrons. The molecule has 2 aromatic rings. The number of rotatable bonds is 5. The number of carbonyl (C=O) groups excluding carboxylic acids is 1. The second kappa shape index (κ2) is 8.15. The monoisotopic (exact) mass is 353 g/mol. The van der Waals surface area contributed by atoms with Crippen LogP contribution >= 0.6 is 12.4 Å². The smallest absolute Gasteiger partial charge is 0.347 e. The Labute approximate surface area is 147 Å². The van der Waals surface area contributed by atoms with E-state index in [2.05, 4.69) is 10.2 Å². The van der Waals surface area contributed by atoms with Crippen molar-refractivity contribution in [1.82, 2.24) is 14.8 Å². The van der Waals surface area contributed by atoms with Crippen LogP contribution in [0, 0.1) is 12.3 Å². The first kappa shape index (κ1) is 20.0. The van der Waals surface area contributed by atoms with E-state index < -0.39 is 0 Å². The quantitative estimate of drug-likeness (QED) is 0.838. The van der Waals surface area contributed by atoms with Crippen LogP contribution in [0.15, 0.2) is 29.1 Å².